The summed E-state index contributed by atoms with van der Waals surface area (Å²) in [5, 5.41) is 0. The van der Waals surface area contributed by atoms with E-state index < -0.39 is 11.6 Å². The highest BCUT2D eigenvalue weighted by atomic mass is 32.1. The summed E-state index contributed by atoms with van der Waals surface area (Å²) >= 11 is 1.63. The lowest BCUT2D eigenvalue weighted by atomic mass is 10.0. The molecule has 96 valence electrons. The third kappa shape index (κ3) is 2.76. The van der Waals surface area contributed by atoms with Crippen LogP contribution < -0.4 is 5.73 Å². The van der Waals surface area contributed by atoms with Crippen molar-refractivity contribution in [3.63, 3.8) is 0 Å². The van der Waals surface area contributed by atoms with Gasteiger partial charge in [-0.3, -0.25) is 0 Å². The van der Waals surface area contributed by atoms with Crippen molar-refractivity contribution in [2.75, 3.05) is 0 Å². The van der Waals surface area contributed by atoms with Gasteiger partial charge in [0.05, 0.1) is 0 Å². The fraction of sp³-hybridized carbons (Fsp3) is 0.286. The van der Waals surface area contributed by atoms with E-state index in [0.29, 0.717) is 12.0 Å². The Bertz CT molecular complexity index is 563. The molecular weight excluding hydrogens is 252 g/mol. The molecule has 1 aromatic carbocycles. The molecule has 0 radical (unpaired) electrons. The van der Waals surface area contributed by atoms with Gasteiger partial charge in [-0.15, -0.1) is 11.3 Å². The highest BCUT2D eigenvalue weighted by Gasteiger charge is 2.15. The lowest BCUT2D eigenvalue weighted by Gasteiger charge is -2.12. The second-order valence-corrected chi connectivity index (χ2v) is 5.74. The van der Waals surface area contributed by atoms with E-state index in [1.165, 1.54) is 17.0 Å². The molecule has 1 aromatic heterocycles. The van der Waals surface area contributed by atoms with E-state index in [9.17, 15) is 8.78 Å². The molecule has 2 rings (SSSR count). The minimum absolute atomic E-state index is 0.247. The number of halogens is 2. The van der Waals surface area contributed by atoms with Crippen LogP contribution in [-0.2, 0) is 6.42 Å². The van der Waals surface area contributed by atoms with Crippen LogP contribution in [0.3, 0.4) is 0 Å². The molecule has 1 unspecified atom stereocenters. The Morgan fingerprint density at radius 3 is 2.50 bits per heavy atom. The molecule has 0 bridgehead atoms. The van der Waals surface area contributed by atoms with Crippen LogP contribution in [0, 0.1) is 25.5 Å². The van der Waals surface area contributed by atoms with Gasteiger partial charge in [-0.1, -0.05) is 6.07 Å². The van der Waals surface area contributed by atoms with Gasteiger partial charge in [0.2, 0.25) is 0 Å². The van der Waals surface area contributed by atoms with Crippen LogP contribution in [0.25, 0.3) is 0 Å². The summed E-state index contributed by atoms with van der Waals surface area (Å²) in [6.45, 7) is 4.02. The largest absolute Gasteiger partial charge is 0.323 e. The summed E-state index contributed by atoms with van der Waals surface area (Å²) in [4.78, 5) is 2.26. The molecule has 0 aliphatic rings. The van der Waals surface area contributed by atoms with Crippen molar-refractivity contribution in [2.45, 2.75) is 26.3 Å². The van der Waals surface area contributed by atoms with Crippen molar-refractivity contribution in [3.05, 3.63) is 56.8 Å². The Hall–Kier alpha value is -1.26. The molecule has 2 aromatic rings. The molecule has 0 aliphatic heterocycles. The lowest BCUT2D eigenvalue weighted by Crippen LogP contribution is -2.13. The highest BCUT2D eigenvalue weighted by Crippen LogP contribution is 2.28. The average molecular weight is 267 g/mol. The van der Waals surface area contributed by atoms with Gasteiger partial charge in [-0.2, -0.15) is 0 Å². The van der Waals surface area contributed by atoms with Crippen LogP contribution in [0.5, 0.6) is 0 Å². The molecule has 1 heterocycles. The molecule has 0 fully saturated rings. The van der Waals surface area contributed by atoms with Crippen molar-refractivity contribution in [1.29, 1.82) is 0 Å². The monoisotopic (exact) mass is 267 g/mol. The van der Waals surface area contributed by atoms with E-state index in [2.05, 4.69) is 6.07 Å². The Balaban J connectivity index is 2.21. The molecule has 18 heavy (non-hydrogen) atoms. The molecule has 0 aliphatic carbocycles. The summed E-state index contributed by atoms with van der Waals surface area (Å²) in [5.74, 6) is -1.09. The minimum Gasteiger partial charge on any atom is -0.323 e. The predicted octanol–water partition coefficient (Wildman–Crippen LogP) is 3.89. The first-order valence-corrected chi connectivity index (χ1v) is 6.55. The molecule has 2 N–H and O–H groups in total. The first-order chi connectivity index (χ1) is 8.47. The maximum Gasteiger partial charge on any atom is 0.129 e. The van der Waals surface area contributed by atoms with E-state index >= 15 is 0 Å². The van der Waals surface area contributed by atoms with E-state index in [1.54, 1.807) is 11.3 Å². The topological polar surface area (TPSA) is 26.0 Å². The number of aryl methyl sites for hydroxylation is 2. The second kappa shape index (κ2) is 5.16. The zero-order valence-electron chi connectivity index (χ0n) is 10.3. The molecule has 0 spiro atoms. The maximum atomic E-state index is 13.5. The number of nitrogens with two attached hydrogens (primary N) is 1. The number of benzene rings is 1. The lowest BCUT2D eigenvalue weighted by molar-refractivity contribution is 0.564. The smallest absolute Gasteiger partial charge is 0.129 e. The van der Waals surface area contributed by atoms with Crippen molar-refractivity contribution in [3.8, 4) is 0 Å². The van der Waals surface area contributed by atoms with Crippen LogP contribution in [0.2, 0.25) is 0 Å². The first-order valence-electron chi connectivity index (χ1n) is 5.74. The van der Waals surface area contributed by atoms with Gasteiger partial charge in [0.15, 0.2) is 0 Å². The minimum atomic E-state index is -0.562. The van der Waals surface area contributed by atoms with Gasteiger partial charge >= 0.3 is 0 Å². The standard InChI is InChI=1S/C14H15F2NS/c1-8-5-9(2)18-14(8)13(17)6-10-3-4-11(15)7-12(10)16/h3-5,7,13H,6,17H2,1-2H3. The van der Waals surface area contributed by atoms with Crippen LogP contribution >= 0.6 is 11.3 Å². The van der Waals surface area contributed by atoms with Crippen molar-refractivity contribution in [2.24, 2.45) is 5.73 Å². The Morgan fingerprint density at radius 2 is 1.94 bits per heavy atom. The predicted molar refractivity (Wildman–Crippen MR) is 70.8 cm³/mol. The van der Waals surface area contributed by atoms with E-state index in [4.69, 9.17) is 5.73 Å². The molecule has 1 atom stereocenters. The van der Waals surface area contributed by atoms with E-state index in [0.717, 1.165) is 16.5 Å². The third-order valence-corrected chi connectivity index (χ3v) is 4.16. The van der Waals surface area contributed by atoms with Crippen molar-refractivity contribution < 1.29 is 8.78 Å². The number of thiophene rings is 1. The zero-order valence-corrected chi connectivity index (χ0v) is 11.2. The van der Waals surface area contributed by atoms with Crippen LogP contribution in [0.1, 0.15) is 26.9 Å². The zero-order chi connectivity index (χ0) is 13.3. The molecule has 0 amide bonds. The molecule has 1 nitrogen and oxygen atoms in total. The second-order valence-electron chi connectivity index (χ2n) is 4.45. The van der Waals surface area contributed by atoms with Crippen LogP contribution in [0.4, 0.5) is 8.78 Å². The van der Waals surface area contributed by atoms with Crippen LogP contribution in [-0.4, -0.2) is 0 Å². The Kier molecular flexibility index (Phi) is 3.78. The van der Waals surface area contributed by atoms with E-state index in [1.807, 2.05) is 13.8 Å². The fourth-order valence-electron chi connectivity index (χ4n) is 2.04. The number of hydrogen-bond acceptors (Lipinski definition) is 2. The van der Waals surface area contributed by atoms with Crippen molar-refractivity contribution in [1.82, 2.24) is 0 Å². The van der Waals surface area contributed by atoms with Gasteiger partial charge in [-0.25, -0.2) is 8.78 Å². The quantitative estimate of drug-likeness (QED) is 0.897. The SMILES string of the molecule is Cc1cc(C)c(C(N)Cc2ccc(F)cc2F)s1. The molecular formula is C14H15F2NS. The summed E-state index contributed by atoms with van der Waals surface area (Å²) in [7, 11) is 0. The average Bonchev–Trinajstić information content (AvgIpc) is 2.62. The normalized spacial score (nSPS) is 12.7. The maximum absolute atomic E-state index is 13.5. The molecule has 0 saturated heterocycles. The fourth-order valence-corrected chi connectivity index (χ4v) is 3.08. The van der Waals surface area contributed by atoms with Gasteiger partial charge in [-0.05, 0) is 43.5 Å². The summed E-state index contributed by atoms with van der Waals surface area (Å²) in [6, 6.07) is 5.44. The number of rotatable bonds is 3. The highest BCUT2D eigenvalue weighted by molar-refractivity contribution is 7.12. The first kappa shape index (κ1) is 13.2. The molecule has 4 heteroatoms. The van der Waals surface area contributed by atoms with Gasteiger partial charge < -0.3 is 5.73 Å². The summed E-state index contributed by atoms with van der Waals surface area (Å²) in [5.41, 5.74) is 7.68. The van der Waals surface area contributed by atoms with Gasteiger partial charge in [0.25, 0.3) is 0 Å². The van der Waals surface area contributed by atoms with Gasteiger partial charge in [0.1, 0.15) is 11.6 Å². The van der Waals surface area contributed by atoms with Crippen molar-refractivity contribution >= 4 is 11.3 Å². The summed E-state index contributed by atoms with van der Waals surface area (Å²) in [6.07, 6.45) is 0.382. The third-order valence-electron chi connectivity index (χ3n) is 2.87. The Morgan fingerprint density at radius 1 is 1.22 bits per heavy atom. The van der Waals surface area contributed by atoms with E-state index in [-0.39, 0.29) is 6.04 Å². The van der Waals surface area contributed by atoms with Gasteiger partial charge in [0, 0.05) is 21.9 Å². The Labute approximate surface area is 109 Å². The molecule has 0 saturated carbocycles. The van der Waals surface area contributed by atoms with Crippen LogP contribution in [0.15, 0.2) is 24.3 Å². The summed E-state index contributed by atoms with van der Waals surface area (Å²) < 4.78 is 26.3. The number of hydrogen-bond donors (Lipinski definition) is 1.